The minimum atomic E-state index is -3.46. The molecule has 0 aliphatic carbocycles. The van der Waals surface area contributed by atoms with E-state index in [9.17, 15) is 18.0 Å². The molecule has 0 fully saturated rings. The number of sulfonamides is 1. The van der Waals surface area contributed by atoms with E-state index in [-0.39, 0.29) is 11.9 Å². The van der Waals surface area contributed by atoms with Crippen LogP contribution in [0.4, 0.5) is 11.4 Å². The fourth-order valence-electron chi connectivity index (χ4n) is 2.77. The lowest BCUT2D eigenvalue weighted by Crippen LogP contribution is -2.32. The number of rotatable bonds is 7. The number of benzene rings is 2. The number of nitrogens with zero attached hydrogens (tertiary/aromatic N) is 1. The topological polar surface area (TPSA) is 95.6 Å². The molecule has 8 heteroatoms. The van der Waals surface area contributed by atoms with Gasteiger partial charge in [0.05, 0.1) is 23.2 Å². The highest BCUT2D eigenvalue weighted by atomic mass is 32.2. The van der Waals surface area contributed by atoms with Crippen LogP contribution in [0.1, 0.15) is 46.5 Å². The van der Waals surface area contributed by atoms with Gasteiger partial charge in [0, 0.05) is 18.7 Å². The molecule has 0 saturated carbocycles. The largest absolute Gasteiger partial charge is 0.350 e. The maximum Gasteiger partial charge on any atom is 0.256 e. The van der Waals surface area contributed by atoms with Crippen molar-refractivity contribution in [3.63, 3.8) is 0 Å². The highest BCUT2D eigenvalue weighted by Gasteiger charge is 2.20. The quantitative estimate of drug-likeness (QED) is 0.723. The highest BCUT2D eigenvalue weighted by molar-refractivity contribution is 7.92. The first-order chi connectivity index (χ1) is 13.6. The number of hydrogen-bond acceptors (Lipinski definition) is 4. The number of carbonyl (C=O) groups excluding carboxylic acids is 2. The summed E-state index contributed by atoms with van der Waals surface area (Å²) in [7, 11) is -2.02. The van der Waals surface area contributed by atoms with Crippen LogP contribution in [0.3, 0.4) is 0 Å². The summed E-state index contributed by atoms with van der Waals surface area (Å²) in [5.41, 5.74) is 2.03. The Bertz CT molecular complexity index is 1020. The van der Waals surface area contributed by atoms with Gasteiger partial charge >= 0.3 is 0 Å². The van der Waals surface area contributed by atoms with Crippen molar-refractivity contribution in [1.29, 1.82) is 0 Å². The fraction of sp³-hybridized carbons (Fsp3) is 0.333. The normalized spacial score (nSPS) is 12.2. The maximum absolute atomic E-state index is 12.9. The van der Waals surface area contributed by atoms with Gasteiger partial charge in [-0.05, 0) is 50.1 Å². The molecule has 1 unspecified atom stereocenters. The molecular formula is C21H27N3O4S. The molecule has 29 heavy (non-hydrogen) atoms. The van der Waals surface area contributed by atoms with E-state index >= 15 is 0 Å². The first kappa shape index (κ1) is 22.4. The van der Waals surface area contributed by atoms with Gasteiger partial charge in [-0.3, -0.25) is 13.9 Å². The summed E-state index contributed by atoms with van der Waals surface area (Å²) in [5, 5.41) is 5.66. The Morgan fingerprint density at radius 1 is 1.03 bits per heavy atom. The van der Waals surface area contributed by atoms with Crippen LogP contribution in [0.2, 0.25) is 0 Å². The Morgan fingerprint density at radius 2 is 1.66 bits per heavy atom. The minimum Gasteiger partial charge on any atom is -0.350 e. The lowest BCUT2D eigenvalue weighted by Gasteiger charge is -2.21. The van der Waals surface area contributed by atoms with E-state index in [2.05, 4.69) is 10.6 Å². The monoisotopic (exact) mass is 417 g/mol. The summed E-state index contributed by atoms with van der Waals surface area (Å²) in [6, 6.07) is 11.7. The van der Waals surface area contributed by atoms with Crippen LogP contribution >= 0.6 is 0 Å². The van der Waals surface area contributed by atoms with E-state index in [1.807, 2.05) is 13.8 Å². The summed E-state index contributed by atoms with van der Waals surface area (Å²) in [6.45, 7) is 5.57. The Kier molecular flexibility index (Phi) is 7.02. The number of nitrogens with one attached hydrogen (secondary N) is 2. The van der Waals surface area contributed by atoms with Crippen molar-refractivity contribution in [2.45, 2.75) is 33.2 Å². The van der Waals surface area contributed by atoms with Crippen LogP contribution in [0.5, 0.6) is 0 Å². The van der Waals surface area contributed by atoms with Crippen molar-refractivity contribution in [3.8, 4) is 0 Å². The lowest BCUT2D eigenvalue weighted by molar-refractivity contribution is 0.0940. The van der Waals surface area contributed by atoms with Crippen molar-refractivity contribution in [2.75, 3.05) is 22.9 Å². The number of hydrogen-bond donors (Lipinski definition) is 2. The summed E-state index contributed by atoms with van der Waals surface area (Å²) >= 11 is 0. The summed E-state index contributed by atoms with van der Waals surface area (Å²) in [6.07, 6.45) is 1.89. The molecule has 0 aliphatic heterocycles. The van der Waals surface area contributed by atoms with Crippen LogP contribution in [-0.4, -0.2) is 39.6 Å². The standard InChI is InChI=1S/C21H27N3O4S/c1-6-14(2)22-21(26)17-10-7-8-12-18(17)23-20(25)16-11-9-13-19(15(16)3)24(4)29(5,27)28/h7-14H,6H2,1-5H3,(H,22,26)(H,23,25). The number of anilines is 2. The second-order valence-corrected chi connectivity index (χ2v) is 8.98. The molecule has 1 atom stereocenters. The van der Waals surface area contributed by atoms with Gasteiger partial charge in [-0.25, -0.2) is 8.42 Å². The Balaban J connectivity index is 2.34. The number of para-hydroxylation sites is 1. The molecular weight excluding hydrogens is 390 g/mol. The molecule has 156 valence electrons. The molecule has 2 amide bonds. The van der Waals surface area contributed by atoms with Crippen molar-refractivity contribution in [1.82, 2.24) is 5.32 Å². The fourth-order valence-corrected chi connectivity index (χ4v) is 3.33. The second kappa shape index (κ2) is 9.09. The van der Waals surface area contributed by atoms with Crippen LogP contribution in [0, 0.1) is 6.92 Å². The van der Waals surface area contributed by atoms with Crippen LogP contribution in [0.15, 0.2) is 42.5 Å². The third kappa shape index (κ3) is 5.35. The van der Waals surface area contributed by atoms with Crippen molar-refractivity contribution in [3.05, 3.63) is 59.2 Å². The molecule has 2 N–H and O–H groups in total. The molecule has 0 bridgehead atoms. The number of carbonyl (C=O) groups is 2. The van der Waals surface area contributed by atoms with Gasteiger partial charge in [-0.2, -0.15) is 0 Å². The van der Waals surface area contributed by atoms with Crippen LogP contribution in [-0.2, 0) is 10.0 Å². The summed E-state index contributed by atoms with van der Waals surface area (Å²) in [4.78, 5) is 25.4. The molecule has 0 aliphatic rings. The first-order valence-corrected chi connectivity index (χ1v) is 11.2. The third-order valence-corrected chi connectivity index (χ3v) is 5.99. The minimum absolute atomic E-state index is 0.0108. The van der Waals surface area contributed by atoms with Gasteiger partial charge in [0.1, 0.15) is 0 Å². The number of amides is 2. The molecule has 2 aromatic rings. The average molecular weight is 418 g/mol. The first-order valence-electron chi connectivity index (χ1n) is 9.31. The molecule has 2 rings (SSSR count). The van der Waals surface area contributed by atoms with Crippen molar-refractivity contribution >= 4 is 33.2 Å². The van der Waals surface area contributed by atoms with Gasteiger partial charge < -0.3 is 10.6 Å². The molecule has 0 saturated heterocycles. The van der Waals surface area contributed by atoms with Gasteiger partial charge in [-0.1, -0.05) is 25.1 Å². The SMILES string of the molecule is CCC(C)NC(=O)c1ccccc1NC(=O)c1cccc(N(C)S(C)(=O)=O)c1C. The molecule has 2 aromatic carbocycles. The second-order valence-electron chi connectivity index (χ2n) is 6.96. The molecule has 0 heterocycles. The van der Waals surface area contributed by atoms with E-state index in [1.54, 1.807) is 49.4 Å². The van der Waals surface area contributed by atoms with E-state index in [0.717, 1.165) is 17.0 Å². The van der Waals surface area contributed by atoms with Crippen LogP contribution in [0.25, 0.3) is 0 Å². The predicted molar refractivity (Wildman–Crippen MR) is 116 cm³/mol. The van der Waals surface area contributed by atoms with E-state index < -0.39 is 15.9 Å². The zero-order valence-corrected chi connectivity index (χ0v) is 18.1. The van der Waals surface area contributed by atoms with Crippen molar-refractivity contribution < 1.29 is 18.0 Å². The average Bonchev–Trinajstić information content (AvgIpc) is 2.67. The van der Waals surface area contributed by atoms with E-state index in [1.165, 1.54) is 7.05 Å². The van der Waals surface area contributed by atoms with Gasteiger partial charge in [0.15, 0.2) is 0 Å². The Hall–Kier alpha value is -2.87. The van der Waals surface area contributed by atoms with Gasteiger partial charge in [-0.15, -0.1) is 0 Å². The maximum atomic E-state index is 12.9. The van der Waals surface area contributed by atoms with Gasteiger partial charge in [0.25, 0.3) is 11.8 Å². The zero-order chi connectivity index (χ0) is 21.8. The third-order valence-electron chi connectivity index (χ3n) is 4.80. The zero-order valence-electron chi connectivity index (χ0n) is 17.3. The van der Waals surface area contributed by atoms with Gasteiger partial charge in [0.2, 0.25) is 10.0 Å². The molecule has 7 nitrogen and oxygen atoms in total. The molecule has 0 radical (unpaired) electrons. The summed E-state index contributed by atoms with van der Waals surface area (Å²) in [5.74, 6) is -0.687. The summed E-state index contributed by atoms with van der Waals surface area (Å²) < 4.78 is 24.9. The van der Waals surface area contributed by atoms with E-state index in [0.29, 0.717) is 28.1 Å². The van der Waals surface area contributed by atoms with Crippen LogP contribution < -0.4 is 14.9 Å². The lowest BCUT2D eigenvalue weighted by atomic mass is 10.1. The van der Waals surface area contributed by atoms with Crippen molar-refractivity contribution in [2.24, 2.45) is 0 Å². The van der Waals surface area contributed by atoms with E-state index in [4.69, 9.17) is 0 Å². The highest BCUT2D eigenvalue weighted by Crippen LogP contribution is 2.25. The predicted octanol–water partition coefficient (Wildman–Crippen LogP) is 3.17. The molecule has 0 spiro atoms. The Morgan fingerprint density at radius 3 is 2.28 bits per heavy atom. The molecule has 0 aromatic heterocycles. The Labute approximate surface area is 172 Å². The smallest absolute Gasteiger partial charge is 0.256 e.